The van der Waals surface area contributed by atoms with Crippen LogP contribution in [-0.2, 0) is 11.3 Å². The van der Waals surface area contributed by atoms with Gasteiger partial charge in [-0.2, -0.15) is 0 Å². The van der Waals surface area contributed by atoms with Crippen LogP contribution in [0.1, 0.15) is 37.0 Å². The van der Waals surface area contributed by atoms with E-state index in [9.17, 15) is 9.90 Å². The summed E-state index contributed by atoms with van der Waals surface area (Å²) in [4.78, 5) is 13.6. The fourth-order valence-corrected chi connectivity index (χ4v) is 2.97. The fraction of sp³-hybridized carbons (Fsp3) is 0.350. The molecule has 2 N–H and O–H groups in total. The molecule has 0 aliphatic heterocycles. The first-order valence-electron chi connectivity index (χ1n) is 8.45. The molecule has 2 aromatic carbocycles. The van der Waals surface area contributed by atoms with Crippen molar-refractivity contribution in [1.82, 2.24) is 4.90 Å². The molecule has 4 nitrogen and oxygen atoms in total. The second kappa shape index (κ2) is 7.60. The number of hydrogen-bond acceptors (Lipinski definition) is 3. The first-order chi connectivity index (χ1) is 11.6. The number of carbonyl (C=O) groups excluding carboxylic acids is 1. The normalized spacial score (nSPS) is 15.3. The third-order valence-electron chi connectivity index (χ3n) is 4.29. The number of carbonyl (C=O) groups is 1. The zero-order valence-corrected chi connectivity index (χ0v) is 14.0. The van der Waals surface area contributed by atoms with E-state index in [1.54, 1.807) is 0 Å². The molecule has 24 heavy (non-hydrogen) atoms. The number of nitrogens with zero attached hydrogens (tertiary/aromatic N) is 1. The Morgan fingerprint density at radius 3 is 2.62 bits per heavy atom. The summed E-state index contributed by atoms with van der Waals surface area (Å²) in [6.45, 7) is 2.92. The van der Waals surface area contributed by atoms with Crippen molar-refractivity contribution in [1.29, 1.82) is 0 Å². The van der Waals surface area contributed by atoms with Crippen LogP contribution in [-0.4, -0.2) is 28.5 Å². The van der Waals surface area contributed by atoms with Crippen LogP contribution in [0.15, 0.2) is 54.6 Å². The molecule has 1 saturated carbocycles. The highest BCUT2D eigenvalue weighted by molar-refractivity contribution is 5.88. The summed E-state index contributed by atoms with van der Waals surface area (Å²) in [5, 5.41) is 13.3. The average molecular weight is 324 g/mol. The Balaban J connectivity index is 1.67. The summed E-state index contributed by atoms with van der Waals surface area (Å²) in [7, 11) is 0. The minimum absolute atomic E-state index is 0.0642. The van der Waals surface area contributed by atoms with Crippen molar-refractivity contribution in [2.75, 3.05) is 11.9 Å². The lowest BCUT2D eigenvalue weighted by Gasteiger charge is -2.25. The number of nitrogens with one attached hydrogen (secondary N) is 1. The van der Waals surface area contributed by atoms with Gasteiger partial charge in [0.25, 0.3) is 0 Å². The van der Waals surface area contributed by atoms with Gasteiger partial charge >= 0.3 is 0 Å². The van der Waals surface area contributed by atoms with Gasteiger partial charge in [0.1, 0.15) is 0 Å². The third-order valence-corrected chi connectivity index (χ3v) is 4.29. The first-order valence-corrected chi connectivity index (χ1v) is 8.45. The molecule has 0 bridgehead atoms. The van der Waals surface area contributed by atoms with Gasteiger partial charge in [0.05, 0.1) is 6.10 Å². The van der Waals surface area contributed by atoms with E-state index in [1.807, 2.05) is 48.5 Å². The van der Waals surface area contributed by atoms with Crippen molar-refractivity contribution in [2.24, 2.45) is 0 Å². The van der Waals surface area contributed by atoms with Crippen LogP contribution in [0.2, 0.25) is 0 Å². The predicted octanol–water partition coefficient (Wildman–Crippen LogP) is 3.34. The minimum atomic E-state index is -0.481. The Hall–Kier alpha value is -2.17. The average Bonchev–Trinajstić information content (AvgIpc) is 3.39. The predicted molar refractivity (Wildman–Crippen MR) is 95.6 cm³/mol. The zero-order valence-electron chi connectivity index (χ0n) is 14.0. The van der Waals surface area contributed by atoms with Crippen LogP contribution in [0.4, 0.5) is 5.69 Å². The summed E-state index contributed by atoms with van der Waals surface area (Å²) in [6, 6.07) is 18.3. The molecule has 1 fully saturated rings. The molecule has 2 aromatic rings. The summed E-state index contributed by atoms with van der Waals surface area (Å²) >= 11 is 0. The lowest BCUT2D eigenvalue weighted by Crippen LogP contribution is -2.30. The number of benzene rings is 2. The van der Waals surface area contributed by atoms with Crippen LogP contribution in [0.5, 0.6) is 0 Å². The van der Waals surface area contributed by atoms with Gasteiger partial charge in [0, 0.05) is 31.7 Å². The molecule has 1 aliphatic rings. The van der Waals surface area contributed by atoms with Gasteiger partial charge in [-0.25, -0.2) is 0 Å². The van der Waals surface area contributed by atoms with Crippen molar-refractivity contribution in [2.45, 2.75) is 38.5 Å². The SMILES string of the molecule is CC(=O)Nc1cccc(CN(C[C@@H](O)c2ccccc2)C2CC2)c1. The van der Waals surface area contributed by atoms with Gasteiger partial charge in [-0.1, -0.05) is 42.5 Å². The van der Waals surface area contributed by atoms with E-state index < -0.39 is 6.10 Å². The number of amides is 1. The van der Waals surface area contributed by atoms with Crippen molar-refractivity contribution in [3.8, 4) is 0 Å². The Morgan fingerprint density at radius 1 is 1.21 bits per heavy atom. The van der Waals surface area contributed by atoms with Crippen molar-refractivity contribution >= 4 is 11.6 Å². The molecule has 0 spiro atoms. The molecule has 0 heterocycles. The van der Waals surface area contributed by atoms with E-state index in [4.69, 9.17) is 0 Å². The quantitative estimate of drug-likeness (QED) is 0.821. The Kier molecular flexibility index (Phi) is 5.28. The lowest BCUT2D eigenvalue weighted by molar-refractivity contribution is -0.114. The number of aliphatic hydroxyl groups excluding tert-OH is 1. The largest absolute Gasteiger partial charge is 0.387 e. The second-order valence-corrected chi connectivity index (χ2v) is 6.47. The van der Waals surface area contributed by atoms with Crippen LogP contribution in [0.25, 0.3) is 0 Å². The van der Waals surface area contributed by atoms with E-state index in [-0.39, 0.29) is 5.91 Å². The number of aliphatic hydroxyl groups is 1. The maximum Gasteiger partial charge on any atom is 0.221 e. The summed E-state index contributed by atoms with van der Waals surface area (Å²) in [5.41, 5.74) is 2.92. The topological polar surface area (TPSA) is 52.6 Å². The van der Waals surface area contributed by atoms with E-state index in [1.165, 1.54) is 19.8 Å². The highest BCUT2D eigenvalue weighted by Gasteiger charge is 2.30. The monoisotopic (exact) mass is 324 g/mol. The molecule has 4 heteroatoms. The minimum Gasteiger partial charge on any atom is -0.387 e. The van der Waals surface area contributed by atoms with Crippen molar-refractivity contribution in [3.63, 3.8) is 0 Å². The molecule has 1 aliphatic carbocycles. The van der Waals surface area contributed by atoms with Crippen LogP contribution < -0.4 is 5.32 Å². The molecule has 0 saturated heterocycles. The van der Waals surface area contributed by atoms with Crippen LogP contribution >= 0.6 is 0 Å². The van der Waals surface area contributed by atoms with Gasteiger partial charge in [-0.15, -0.1) is 0 Å². The lowest BCUT2D eigenvalue weighted by atomic mass is 10.1. The molecular weight excluding hydrogens is 300 g/mol. The van der Waals surface area contributed by atoms with Crippen molar-refractivity contribution < 1.29 is 9.90 Å². The van der Waals surface area contributed by atoms with Gasteiger partial charge in [0.2, 0.25) is 5.91 Å². The van der Waals surface area contributed by atoms with E-state index in [0.29, 0.717) is 12.6 Å². The molecular formula is C20H24N2O2. The van der Waals surface area contributed by atoms with Crippen LogP contribution in [0.3, 0.4) is 0 Å². The van der Waals surface area contributed by atoms with Gasteiger partial charge in [-0.3, -0.25) is 9.69 Å². The second-order valence-electron chi connectivity index (χ2n) is 6.47. The molecule has 0 radical (unpaired) electrons. The number of hydrogen-bond donors (Lipinski definition) is 2. The van der Waals surface area contributed by atoms with Gasteiger partial charge in [0.15, 0.2) is 0 Å². The van der Waals surface area contributed by atoms with E-state index in [2.05, 4.69) is 16.3 Å². The number of rotatable bonds is 7. The third kappa shape index (κ3) is 4.66. The Morgan fingerprint density at radius 2 is 1.96 bits per heavy atom. The fourth-order valence-electron chi connectivity index (χ4n) is 2.97. The Bertz CT molecular complexity index is 683. The molecule has 1 atom stereocenters. The molecule has 3 rings (SSSR count). The smallest absolute Gasteiger partial charge is 0.221 e. The highest BCUT2D eigenvalue weighted by Crippen LogP contribution is 2.30. The van der Waals surface area contributed by atoms with Crippen molar-refractivity contribution in [3.05, 3.63) is 65.7 Å². The molecule has 0 aromatic heterocycles. The van der Waals surface area contributed by atoms with Gasteiger partial charge < -0.3 is 10.4 Å². The summed E-state index contributed by atoms with van der Waals surface area (Å²) in [5.74, 6) is -0.0642. The maximum atomic E-state index is 11.2. The first kappa shape index (κ1) is 16.7. The molecule has 126 valence electrons. The van der Waals surface area contributed by atoms with E-state index >= 15 is 0 Å². The summed E-state index contributed by atoms with van der Waals surface area (Å²) < 4.78 is 0. The zero-order chi connectivity index (χ0) is 16.9. The Labute approximate surface area is 143 Å². The maximum absolute atomic E-state index is 11.2. The molecule has 0 unspecified atom stereocenters. The van der Waals surface area contributed by atoms with Gasteiger partial charge in [-0.05, 0) is 36.1 Å². The van der Waals surface area contributed by atoms with E-state index in [0.717, 1.165) is 23.4 Å². The summed E-state index contributed by atoms with van der Waals surface area (Å²) in [6.07, 6.45) is 1.89. The molecule has 1 amide bonds. The van der Waals surface area contributed by atoms with Crippen LogP contribution in [0, 0.1) is 0 Å². The highest BCUT2D eigenvalue weighted by atomic mass is 16.3. The standard InChI is InChI=1S/C20H24N2O2/c1-15(23)21-18-9-5-6-16(12-18)13-22(19-10-11-19)14-20(24)17-7-3-2-4-8-17/h2-9,12,19-20,24H,10-11,13-14H2,1H3,(H,21,23)/t20-/m1/s1. The number of anilines is 1.